The van der Waals surface area contributed by atoms with Gasteiger partial charge in [-0.05, 0) is 78.7 Å². The fourth-order valence-electron chi connectivity index (χ4n) is 7.67. The number of para-hydroxylation sites is 2. The molecule has 4 heterocycles. The predicted molar refractivity (Wildman–Crippen MR) is 222 cm³/mol. The molecule has 0 amide bonds. The van der Waals surface area contributed by atoms with Crippen molar-refractivity contribution >= 4 is 44.8 Å². The number of halogens is 1. The summed E-state index contributed by atoms with van der Waals surface area (Å²) in [6, 6.07) is 16.7. The van der Waals surface area contributed by atoms with E-state index in [1.54, 1.807) is 19.4 Å². The summed E-state index contributed by atoms with van der Waals surface area (Å²) in [4.78, 5) is 29.4. The highest BCUT2D eigenvalue weighted by molar-refractivity contribution is 7.13. The van der Waals surface area contributed by atoms with Crippen LogP contribution < -0.4 is 14.2 Å². The lowest BCUT2D eigenvalue weighted by Gasteiger charge is -2.30. The second-order valence-corrected chi connectivity index (χ2v) is 15.8. The first-order valence-electron chi connectivity index (χ1n) is 19.7. The van der Waals surface area contributed by atoms with Gasteiger partial charge in [-0.1, -0.05) is 48.4 Å². The molecule has 3 aromatic heterocycles. The Labute approximate surface area is 346 Å². The molecule has 0 bridgehead atoms. The van der Waals surface area contributed by atoms with Crippen LogP contribution in [-0.2, 0) is 27.3 Å². The summed E-state index contributed by atoms with van der Waals surface area (Å²) in [6.45, 7) is 6.84. The Balaban J connectivity index is 1.04. The number of allylic oxidation sites excluding steroid dienone is 4. The highest BCUT2D eigenvalue weighted by Crippen LogP contribution is 2.48. The Morgan fingerprint density at radius 3 is 2.60 bits per heavy atom. The van der Waals surface area contributed by atoms with Gasteiger partial charge in [0.25, 0.3) is 0 Å². The van der Waals surface area contributed by atoms with Gasteiger partial charge in [0, 0.05) is 56.4 Å². The number of hydrogen-bond donors (Lipinski definition) is 1. The number of carboxylic acids is 1. The Bertz CT molecular complexity index is 2340. The van der Waals surface area contributed by atoms with Gasteiger partial charge in [0.1, 0.15) is 30.5 Å². The van der Waals surface area contributed by atoms with Crippen LogP contribution in [0, 0.1) is 0 Å². The minimum atomic E-state index is -1.25. The molecule has 1 aliphatic heterocycles. The number of nitrogens with zero attached hydrogens (tertiary/aromatic N) is 5. The van der Waals surface area contributed by atoms with Crippen LogP contribution in [0.2, 0.25) is 0 Å². The Morgan fingerprint density at radius 1 is 1.03 bits per heavy atom. The van der Waals surface area contributed by atoms with Crippen molar-refractivity contribution in [2.24, 2.45) is 0 Å². The summed E-state index contributed by atoms with van der Waals surface area (Å²) in [7, 11) is 1.61. The number of hydrogen-bond acceptors (Lipinski definition) is 12. The quantitative estimate of drug-likeness (QED) is 0.102. The van der Waals surface area contributed by atoms with Crippen molar-refractivity contribution in [3.63, 3.8) is 0 Å². The Kier molecular flexibility index (Phi) is 12.5. The van der Waals surface area contributed by atoms with Crippen molar-refractivity contribution in [2.75, 3.05) is 46.6 Å². The van der Waals surface area contributed by atoms with Gasteiger partial charge in [-0.2, -0.15) is 4.37 Å². The third kappa shape index (κ3) is 8.68. The highest BCUT2D eigenvalue weighted by atomic mass is 35.5. The van der Waals surface area contributed by atoms with E-state index >= 15 is 0 Å². The molecule has 2 aromatic carbocycles. The second kappa shape index (κ2) is 18.2. The fraction of sp³-hybridized carbons (Fsp3) is 0.386. The van der Waals surface area contributed by atoms with Crippen LogP contribution in [-0.4, -0.2) is 88.0 Å². The maximum absolute atomic E-state index is 12.9. The first-order valence-corrected chi connectivity index (χ1v) is 20.9. The van der Waals surface area contributed by atoms with E-state index < -0.39 is 12.1 Å². The zero-order valence-corrected chi connectivity index (χ0v) is 34.2. The molecule has 1 atom stereocenters. The third-order valence-electron chi connectivity index (χ3n) is 11.1. The SMILES string of the molecule is COc1ccccc1-c1nccc(COc2ccccc2C[C@@H](Oc2nsc3cnc(C4CCC4)c(C4=C(C)C(Cl)=C(OCCN5CCOCC5)CC4)c23)C(=O)O)n1. The molecule has 0 unspecified atom stereocenters. The van der Waals surface area contributed by atoms with Crippen molar-refractivity contribution < 1.29 is 33.6 Å². The normalized spacial score (nSPS) is 16.9. The number of fused-ring (bicyclic) bond motifs is 1. The van der Waals surface area contributed by atoms with Crippen LogP contribution in [0.5, 0.6) is 17.4 Å². The number of carboxylic acid groups (broad SMARTS) is 1. The van der Waals surface area contributed by atoms with Crippen molar-refractivity contribution in [2.45, 2.75) is 64.1 Å². The molecule has 1 N–H and O–H groups in total. The number of pyridine rings is 1. The number of aromatic nitrogens is 4. The van der Waals surface area contributed by atoms with E-state index in [1.807, 2.05) is 61.7 Å². The Morgan fingerprint density at radius 2 is 1.83 bits per heavy atom. The van der Waals surface area contributed by atoms with Crippen LogP contribution >= 0.6 is 23.1 Å². The van der Waals surface area contributed by atoms with E-state index in [0.29, 0.717) is 59.0 Å². The summed E-state index contributed by atoms with van der Waals surface area (Å²) in [5, 5.41) is 12.0. The minimum absolute atomic E-state index is 0.0398. The summed E-state index contributed by atoms with van der Waals surface area (Å²) >= 11 is 8.34. The molecule has 302 valence electrons. The van der Waals surface area contributed by atoms with E-state index in [9.17, 15) is 9.90 Å². The summed E-state index contributed by atoms with van der Waals surface area (Å²) in [5.74, 6) is 1.97. The molecule has 8 rings (SSSR count). The number of ether oxygens (including phenoxy) is 5. The predicted octanol–water partition coefficient (Wildman–Crippen LogP) is 8.44. The van der Waals surface area contributed by atoms with Gasteiger partial charge in [-0.3, -0.25) is 9.88 Å². The maximum Gasteiger partial charge on any atom is 0.345 e. The van der Waals surface area contributed by atoms with Gasteiger partial charge < -0.3 is 28.8 Å². The van der Waals surface area contributed by atoms with Crippen LogP contribution in [0.15, 0.2) is 83.4 Å². The lowest BCUT2D eigenvalue weighted by molar-refractivity contribution is -0.145. The van der Waals surface area contributed by atoms with Gasteiger partial charge in [0.15, 0.2) is 5.82 Å². The molecule has 1 saturated carbocycles. The number of morpholine rings is 1. The zero-order chi connectivity index (χ0) is 40.0. The van der Waals surface area contributed by atoms with Crippen LogP contribution in [0.3, 0.4) is 0 Å². The maximum atomic E-state index is 12.9. The van der Waals surface area contributed by atoms with E-state index in [1.165, 1.54) is 11.5 Å². The van der Waals surface area contributed by atoms with Crippen LogP contribution in [0.1, 0.15) is 67.5 Å². The molecule has 1 saturated heterocycles. The average Bonchev–Trinajstić information content (AvgIpc) is 3.64. The summed E-state index contributed by atoms with van der Waals surface area (Å²) < 4.78 is 35.5. The molecule has 5 aromatic rings. The number of aliphatic carboxylic acids is 1. The van der Waals surface area contributed by atoms with Gasteiger partial charge in [-0.25, -0.2) is 14.8 Å². The molecular formula is C44H46ClN5O7S. The number of benzene rings is 2. The molecule has 0 spiro atoms. The third-order valence-corrected chi connectivity index (χ3v) is 12.3. The van der Waals surface area contributed by atoms with Gasteiger partial charge in [-0.15, -0.1) is 0 Å². The lowest BCUT2D eigenvalue weighted by atomic mass is 9.77. The topological polar surface area (TPSA) is 138 Å². The first kappa shape index (κ1) is 39.7. The standard InChI is InChI=1S/C44H46ClN5O7S/c1-27-31(14-15-35(40(27)45)55-23-20-50-18-21-54-22-19-50)38-39-37(25-47-41(38)28-9-7-10-28)58-49-43(39)57-36(44(51)52)24-29-8-3-5-12-33(29)56-26-30-16-17-46-42(48-30)32-11-4-6-13-34(32)53-2/h3-6,8,11-13,16-17,25,28,36H,7,9-10,14-15,18-24,26H2,1-2H3,(H,51,52)/t36-/m1/s1. The van der Waals surface area contributed by atoms with E-state index in [2.05, 4.69) is 9.88 Å². The van der Waals surface area contributed by atoms with E-state index in [0.717, 1.165) is 95.9 Å². The lowest BCUT2D eigenvalue weighted by Crippen LogP contribution is -2.38. The molecule has 14 heteroatoms. The van der Waals surface area contributed by atoms with E-state index in [-0.39, 0.29) is 18.9 Å². The summed E-state index contributed by atoms with van der Waals surface area (Å²) in [6.07, 6.45) is 6.87. The first-order chi connectivity index (χ1) is 28.4. The van der Waals surface area contributed by atoms with Crippen molar-refractivity contribution in [3.8, 4) is 28.8 Å². The van der Waals surface area contributed by atoms with Crippen molar-refractivity contribution in [1.82, 2.24) is 24.2 Å². The molecule has 2 fully saturated rings. The number of carbonyl (C=O) groups is 1. The molecule has 12 nitrogen and oxygen atoms in total. The number of methoxy groups -OCH3 is 1. The van der Waals surface area contributed by atoms with Crippen LogP contribution in [0.25, 0.3) is 27.0 Å². The van der Waals surface area contributed by atoms with Crippen LogP contribution in [0.4, 0.5) is 0 Å². The average molecular weight is 824 g/mol. The molecule has 0 radical (unpaired) electrons. The van der Waals surface area contributed by atoms with Gasteiger partial charge in [0.2, 0.25) is 12.0 Å². The smallest absolute Gasteiger partial charge is 0.345 e. The van der Waals surface area contributed by atoms with Crippen molar-refractivity contribution in [3.05, 3.63) is 106 Å². The highest BCUT2D eigenvalue weighted by Gasteiger charge is 2.33. The largest absolute Gasteiger partial charge is 0.496 e. The fourth-order valence-corrected chi connectivity index (χ4v) is 8.63. The zero-order valence-electron chi connectivity index (χ0n) is 32.6. The van der Waals surface area contributed by atoms with E-state index in [4.69, 9.17) is 49.6 Å². The van der Waals surface area contributed by atoms with Gasteiger partial charge in [0.05, 0.1) is 52.4 Å². The minimum Gasteiger partial charge on any atom is -0.496 e. The monoisotopic (exact) mass is 823 g/mol. The van der Waals surface area contributed by atoms with Crippen molar-refractivity contribution in [1.29, 1.82) is 0 Å². The molecule has 58 heavy (non-hydrogen) atoms. The van der Waals surface area contributed by atoms with Gasteiger partial charge >= 0.3 is 5.97 Å². The molecular weight excluding hydrogens is 778 g/mol. The summed E-state index contributed by atoms with van der Waals surface area (Å²) in [5.41, 5.74) is 6.05. The molecule has 3 aliphatic rings. The Hall–Kier alpha value is -5.08. The second-order valence-electron chi connectivity index (χ2n) is 14.6. The number of rotatable bonds is 16. The molecule has 2 aliphatic carbocycles.